The Labute approximate surface area is 159 Å². The fourth-order valence-electron chi connectivity index (χ4n) is 2.59. The lowest BCUT2D eigenvalue weighted by molar-refractivity contribution is -0.0731. The lowest BCUT2D eigenvalue weighted by Gasteiger charge is -2.15. The van der Waals surface area contributed by atoms with Gasteiger partial charge in [0.25, 0.3) is 0 Å². The van der Waals surface area contributed by atoms with Gasteiger partial charge in [-0.3, -0.25) is 4.98 Å². The van der Waals surface area contributed by atoms with Crippen LogP contribution >= 0.6 is 0 Å². The van der Waals surface area contributed by atoms with E-state index in [1.165, 1.54) is 44.8 Å². The molecule has 2 heterocycles. The largest absolute Gasteiger partial charge is 0.496 e. The molecule has 0 N–H and O–H groups in total. The number of halogens is 3. The van der Waals surface area contributed by atoms with E-state index in [-0.39, 0.29) is 11.6 Å². The highest BCUT2D eigenvalue weighted by Crippen LogP contribution is 2.37. The first-order valence-electron chi connectivity index (χ1n) is 8.24. The second-order valence-corrected chi connectivity index (χ2v) is 5.82. The number of aromatic nitrogens is 2. The van der Waals surface area contributed by atoms with Crippen molar-refractivity contribution >= 4 is 0 Å². The fourth-order valence-corrected chi connectivity index (χ4v) is 2.59. The number of nitrogens with zero attached hydrogens (tertiary/aromatic N) is 2. The van der Waals surface area contributed by atoms with Crippen molar-refractivity contribution in [3.05, 3.63) is 66.4 Å². The molecule has 3 rings (SSSR count). The minimum Gasteiger partial charge on any atom is -0.496 e. The van der Waals surface area contributed by atoms with E-state index in [0.29, 0.717) is 16.9 Å². The first-order chi connectivity index (χ1) is 13.4. The van der Waals surface area contributed by atoms with Crippen molar-refractivity contribution in [2.45, 2.75) is 5.92 Å². The van der Waals surface area contributed by atoms with Crippen LogP contribution < -0.4 is 9.47 Å². The Morgan fingerprint density at radius 3 is 2.50 bits per heavy atom. The van der Waals surface area contributed by atoms with Gasteiger partial charge in [-0.05, 0) is 36.4 Å². The number of ether oxygens (including phenoxy) is 3. The molecule has 1 aromatic carbocycles. The van der Waals surface area contributed by atoms with Crippen molar-refractivity contribution in [3.8, 4) is 28.5 Å². The van der Waals surface area contributed by atoms with Crippen LogP contribution in [0.15, 0.2) is 54.9 Å². The highest BCUT2D eigenvalue weighted by atomic mass is 19.3. The predicted octanol–water partition coefficient (Wildman–Crippen LogP) is 4.82. The second-order valence-electron chi connectivity index (χ2n) is 5.82. The molecule has 5 nitrogen and oxygen atoms in total. The lowest BCUT2D eigenvalue weighted by Crippen LogP contribution is -2.21. The molecule has 8 heteroatoms. The molecule has 0 aliphatic heterocycles. The maximum atomic E-state index is 13.8. The zero-order valence-electron chi connectivity index (χ0n) is 15.2. The minimum atomic E-state index is -3.20. The van der Waals surface area contributed by atoms with E-state index in [9.17, 15) is 13.2 Å². The second kappa shape index (κ2) is 8.26. The number of methoxy groups -OCH3 is 2. The van der Waals surface area contributed by atoms with E-state index in [0.717, 1.165) is 6.07 Å². The standard InChI is InChI=1S/C20H17F3N2O3/c1-26-12-20(22,23)18-8-6-14(11-25-18)28-19-16(4-3-9-24-19)15-7-5-13(21)10-17(15)27-2/h3-11H,12H2,1-2H3. The van der Waals surface area contributed by atoms with Crippen molar-refractivity contribution < 1.29 is 27.4 Å². The third kappa shape index (κ3) is 4.23. The molecule has 0 aliphatic carbocycles. The summed E-state index contributed by atoms with van der Waals surface area (Å²) in [6.45, 7) is -0.769. The Kier molecular flexibility index (Phi) is 5.79. The molecule has 2 aromatic heterocycles. The molecule has 0 saturated heterocycles. The van der Waals surface area contributed by atoms with Gasteiger partial charge in [-0.2, -0.15) is 8.78 Å². The molecule has 146 valence electrons. The third-order valence-corrected chi connectivity index (χ3v) is 3.88. The number of hydrogen-bond donors (Lipinski definition) is 0. The summed E-state index contributed by atoms with van der Waals surface area (Å²) in [6.07, 6.45) is 2.70. The Hall–Kier alpha value is -3.13. The summed E-state index contributed by atoms with van der Waals surface area (Å²) in [5.41, 5.74) is 0.694. The number of benzene rings is 1. The van der Waals surface area contributed by atoms with Gasteiger partial charge in [0.15, 0.2) is 0 Å². The van der Waals surface area contributed by atoms with Gasteiger partial charge >= 0.3 is 5.92 Å². The summed E-state index contributed by atoms with van der Waals surface area (Å²) in [4.78, 5) is 7.94. The number of rotatable bonds is 7. The highest BCUT2D eigenvalue weighted by molar-refractivity contribution is 5.74. The van der Waals surface area contributed by atoms with Gasteiger partial charge in [0.1, 0.15) is 29.6 Å². The molecule has 0 spiro atoms. The Balaban J connectivity index is 1.91. The minimum absolute atomic E-state index is 0.200. The van der Waals surface area contributed by atoms with E-state index in [4.69, 9.17) is 9.47 Å². The molecule has 0 unspecified atom stereocenters. The summed E-state index contributed by atoms with van der Waals surface area (Å²) < 4.78 is 56.6. The molecular formula is C20H17F3N2O3. The molecule has 0 radical (unpaired) electrons. The maximum Gasteiger partial charge on any atom is 0.312 e. The molecule has 0 fully saturated rings. The summed E-state index contributed by atoms with van der Waals surface area (Å²) in [7, 11) is 2.62. The van der Waals surface area contributed by atoms with Gasteiger partial charge < -0.3 is 14.2 Å². The zero-order valence-corrected chi connectivity index (χ0v) is 15.2. The molecule has 3 aromatic rings. The van der Waals surface area contributed by atoms with Crippen LogP contribution in [0, 0.1) is 5.82 Å². The molecule has 0 atom stereocenters. The van der Waals surface area contributed by atoms with Crippen LogP contribution in [0.25, 0.3) is 11.1 Å². The van der Waals surface area contributed by atoms with Crippen LogP contribution in [0.4, 0.5) is 13.2 Å². The number of hydrogen-bond acceptors (Lipinski definition) is 5. The van der Waals surface area contributed by atoms with Crippen molar-refractivity contribution in [2.75, 3.05) is 20.8 Å². The number of pyridine rings is 2. The predicted molar refractivity (Wildman–Crippen MR) is 96.3 cm³/mol. The van der Waals surface area contributed by atoms with Crippen molar-refractivity contribution in [2.24, 2.45) is 0 Å². The molecule has 0 aliphatic rings. The summed E-state index contributed by atoms with van der Waals surface area (Å²) in [5.74, 6) is -2.91. The Bertz CT molecular complexity index is 950. The lowest BCUT2D eigenvalue weighted by atomic mass is 10.1. The molecule has 0 amide bonds. The van der Waals surface area contributed by atoms with E-state index >= 15 is 0 Å². The van der Waals surface area contributed by atoms with Crippen LogP contribution in [0.2, 0.25) is 0 Å². The van der Waals surface area contributed by atoms with E-state index in [1.807, 2.05) is 0 Å². The quantitative estimate of drug-likeness (QED) is 0.579. The van der Waals surface area contributed by atoms with Crippen molar-refractivity contribution in [1.82, 2.24) is 9.97 Å². The average Bonchev–Trinajstić information content (AvgIpc) is 2.69. The SMILES string of the molecule is COCC(F)(F)c1ccc(Oc2ncccc2-c2ccc(F)cc2OC)cn1. The molecule has 0 saturated carbocycles. The summed E-state index contributed by atoms with van der Waals surface area (Å²) in [5, 5.41) is 0. The van der Waals surface area contributed by atoms with Gasteiger partial charge in [0, 0.05) is 30.5 Å². The maximum absolute atomic E-state index is 13.8. The first kappa shape index (κ1) is 19.6. The third-order valence-electron chi connectivity index (χ3n) is 3.88. The van der Waals surface area contributed by atoms with Crippen LogP contribution in [0.1, 0.15) is 5.69 Å². The van der Waals surface area contributed by atoms with Crippen LogP contribution in [-0.2, 0) is 10.7 Å². The van der Waals surface area contributed by atoms with E-state index < -0.39 is 24.0 Å². The van der Waals surface area contributed by atoms with Gasteiger partial charge in [-0.25, -0.2) is 9.37 Å². The van der Waals surface area contributed by atoms with E-state index in [1.54, 1.807) is 18.2 Å². The Morgan fingerprint density at radius 2 is 1.82 bits per heavy atom. The fraction of sp³-hybridized carbons (Fsp3) is 0.200. The smallest absolute Gasteiger partial charge is 0.312 e. The molecule has 28 heavy (non-hydrogen) atoms. The summed E-state index contributed by atoms with van der Waals surface area (Å²) in [6, 6.07) is 10.0. The van der Waals surface area contributed by atoms with Gasteiger partial charge in [0.05, 0.1) is 13.3 Å². The zero-order chi connectivity index (χ0) is 20.1. The Morgan fingerprint density at radius 1 is 1.00 bits per heavy atom. The average molecular weight is 390 g/mol. The van der Waals surface area contributed by atoms with Crippen molar-refractivity contribution in [3.63, 3.8) is 0 Å². The topological polar surface area (TPSA) is 53.5 Å². The van der Waals surface area contributed by atoms with Crippen LogP contribution in [-0.4, -0.2) is 30.8 Å². The first-order valence-corrected chi connectivity index (χ1v) is 8.24. The van der Waals surface area contributed by atoms with Gasteiger partial charge in [-0.15, -0.1) is 0 Å². The van der Waals surface area contributed by atoms with Crippen LogP contribution in [0.3, 0.4) is 0 Å². The van der Waals surface area contributed by atoms with Gasteiger partial charge in [-0.1, -0.05) is 0 Å². The highest BCUT2D eigenvalue weighted by Gasteiger charge is 2.33. The summed E-state index contributed by atoms with van der Waals surface area (Å²) >= 11 is 0. The normalized spacial score (nSPS) is 11.3. The van der Waals surface area contributed by atoms with Crippen LogP contribution in [0.5, 0.6) is 17.4 Å². The van der Waals surface area contributed by atoms with Gasteiger partial charge in [0.2, 0.25) is 5.88 Å². The monoisotopic (exact) mass is 390 g/mol. The molecular weight excluding hydrogens is 373 g/mol. The van der Waals surface area contributed by atoms with E-state index in [2.05, 4.69) is 14.7 Å². The molecule has 0 bridgehead atoms. The van der Waals surface area contributed by atoms with Crippen molar-refractivity contribution in [1.29, 1.82) is 0 Å². The number of alkyl halides is 2.